The maximum absolute atomic E-state index is 4.26. The predicted octanol–water partition coefficient (Wildman–Crippen LogP) is 3.15. The van der Waals surface area contributed by atoms with Crippen LogP contribution in [0, 0.1) is 19.8 Å². The zero-order valence-electron chi connectivity index (χ0n) is 9.27. The van der Waals surface area contributed by atoms with Gasteiger partial charge in [-0.25, -0.2) is 0 Å². The minimum absolute atomic E-state index is 0.916. The van der Waals surface area contributed by atoms with Crippen LogP contribution in [-0.4, -0.2) is 10.2 Å². The summed E-state index contributed by atoms with van der Waals surface area (Å²) in [6.07, 6.45) is 8.39. The van der Waals surface area contributed by atoms with Gasteiger partial charge in [-0.15, -0.1) is 0 Å². The molecule has 1 aliphatic carbocycles. The van der Waals surface area contributed by atoms with Crippen LogP contribution in [0.1, 0.15) is 49.1 Å². The molecule has 0 saturated heterocycles. The van der Waals surface area contributed by atoms with E-state index in [0.29, 0.717) is 0 Å². The molecule has 2 nitrogen and oxygen atoms in total. The van der Waals surface area contributed by atoms with Crippen molar-refractivity contribution in [3.05, 3.63) is 17.0 Å². The lowest BCUT2D eigenvalue weighted by atomic mass is 9.84. The van der Waals surface area contributed by atoms with Crippen LogP contribution in [0.25, 0.3) is 0 Å². The number of rotatable bonds is 2. The molecule has 0 amide bonds. The molecular weight excluding hydrogens is 172 g/mol. The lowest BCUT2D eigenvalue weighted by molar-refractivity contribution is 0.356. The number of hydrogen-bond acceptors (Lipinski definition) is 1. The lowest BCUT2D eigenvalue weighted by Gasteiger charge is -2.21. The summed E-state index contributed by atoms with van der Waals surface area (Å²) in [6, 6.07) is 0. The molecule has 0 aromatic carbocycles. The quantitative estimate of drug-likeness (QED) is 0.766. The molecule has 2 heteroatoms. The van der Waals surface area contributed by atoms with Crippen LogP contribution >= 0.6 is 0 Å². The summed E-state index contributed by atoms with van der Waals surface area (Å²) >= 11 is 0. The van der Waals surface area contributed by atoms with Crippen molar-refractivity contribution in [1.82, 2.24) is 10.2 Å². The van der Waals surface area contributed by atoms with E-state index in [1.54, 1.807) is 0 Å². The van der Waals surface area contributed by atoms with Gasteiger partial charge in [-0.3, -0.25) is 5.10 Å². The second kappa shape index (κ2) is 4.16. The molecule has 1 heterocycles. The molecule has 1 aromatic rings. The van der Waals surface area contributed by atoms with E-state index in [-0.39, 0.29) is 0 Å². The fraction of sp³-hybridized carbons (Fsp3) is 0.750. The number of aromatic nitrogens is 2. The third-order valence-electron chi connectivity index (χ3n) is 3.50. The van der Waals surface area contributed by atoms with E-state index in [4.69, 9.17) is 0 Å². The Morgan fingerprint density at radius 1 is 1.21 bits per heavy atom. The van der Waals surface area contributed by atoms with E-state index >= 15 is 0 Å². The van der Waals surface area contributed by atoms with E-state index in [2.05, 4.69) is 24.0 Å². The summed E-state index contributed by atoms with van der Waals surface area (Å²) in [5.41, 5.74) is 3.94. The summed E-state index contributed by atoms with van der Waals surface area (Å²) in [7, 11) is 0. The molecule has 0 atom stereocenters. The Kier molecular flexibility index (Phi) is 2.90. The van der Waals surface area contributed by atoms with Crippen molar-refractivity contribution in [2.45, 2.75) is 52.4 Å². The minimum Gasteiger partial charge on any atom is -0.282 e. The molecule has 1 N–H and O–H groups in total. The van der Waals surface area contributed by atoms with Crippen LogP contribution in [-0.2, 0) is 6.42 Å². The van der Waals surface area contributed by atoms with Gasteiger partial charge >= 0.3 is 0 Å². The van der Waals surface area contributed by atoms with Gasteiger partial charge in [0, 0.05) is 5.69 Å². The molecule has 0 aliphatic heterocycles. The number of nitrogens with one attached hydrogen (secondary N) is 1. The number of H-pyrrole nitrogens is 1. The maximum atomic E-state index is 4.26. The van der Waals surface area contributed by atoms with Crippen LogP contribution in [0.4, 0.5) is 0 Å². The van der Waals surface area contributed by atoms with Crippen molar-refractivity contribution < 1.29 is 0 Å². The maximum Gasteiger partial charge on any atom is 0.0626 e. The van der Waals surface area contributed by atoms with Crippen molar-refractivity contribution in [3.8, 4) is 0 Å². The first-order valence-corrected chi connectivity index (χ1v) is 5.78. The van der Waals surface area contributed by atoms with E-state index < -0.39 is 0 Å². The fourth-order valence-corrected chi connectivity index (χ4v) is 2.55. The monoisotopic (exact) mass is 192 g/mol. The van der Waals surface area contributed by atoms with Gasteiger partial charge in [0.2, 0.25) is 0 Å². The molecule has 1 aromatic heterocycles. The van der Waals surface area contributed by atoms with E-state index in [0.717, 1.165) is 5.92 Å². The third kappa shape index (κ3) is 1.99. The van der Waals surface area contributed by atoms with Crippen LogP contribution in [0.2, 0.25) is 0 Å². The van der Waals surface area contributed by atoms with Gasteiger partial charge < -0.3 is 0 Å². The van der Waals surface area contributed by atoms with Crippen molar-refractivity contribution in [3.63, 3.8) is 0 Å². The van der Waals surface area contributed by atoms with Crippen molar-refractivity contribution in [2.24, 2.45) is 5.92 Å². The van der Waals surface area contributed by atoms with E-state index in [1.807, 2.05) is 0 Å². The summed E-state index contributed by atoms with van der Waals surface area (Å²) in [6.45, 7) is 4.25. The normalized spacial score (nSPS) is 18.7. The van der Waals surface area contributed by atoms with Gasteiger partial charge in [-0.1, -0.05) is 32.1 Å². The summed E-state index contributed by atoms with van der Waals surface area (Å²) < 4.78 is 0. The van der Waals surface area contributed by atoms with Crippen molar-refractivity contribution in [2.75, 3.05) is 0 Å². The Morgan fingerprint density at radius 3 is 2.50 bits per heavy atom. The predicted molar refractivity (Wildman–Crippen MR) is 58.3 cm³/mol. The Labute approximate surface area is 86.1 Å². The van der Waals surface area contributed by atoms with Crippen LogP contribution < -0.4 is 0 Å². The molecule has 0 unspecified atom stereocenters. The molecule has 14 heavy (non-hydrogen) atoms. The highest BCUT2D eigenvalue weighted by Gasteiger charge is 2.16. The zero-order chi connectivity index (χ0) is 9.97. The van der Waals surface area contributed by atoms with E-state index in [9.17, 15) is 0 Å². The van der Waals surface area contributed by atoms with Gasteiger partial charge in [0.15, 0.2) is 0 Å². The largest absolute Gasteiger partial charge is 0.282 e. The summed E-state index contributed by atoms with van der Waals surface area (Å²) in [5, 5.41) is 7.33. The molecule has 78 valence electrons. The van der Waals surface area contributed by atoms with Crippen LogP contribution in [0.5, 0.6) is 0 Å². The number of hydrogen-bond donors (Lipinski definition) is 1. The van der Waals surface area contributed by atoms with Gasteiger partial charge in [-0.2, -0.15) is 5.10 Å². The Morgan fingerprint density at radius 2 is 1.93 bits per heavy atom. The van der Waals surface area contributed by atoms with Gasteiger partial charge in [0.25, 0.3) is 0 Å². The highest BCUT2D eigenvalue weighted by atomic mass is 15.1. The third-order valence-corrected chi connectivity index (χ3v) is 3.50. The molecule has 1 saturated carbocycles. The number of nitrogens with zero attached hydrogens (tertiary/aromatic N) is 1. The molecule has 0 radical (unpaired) electrons. The van der Waals surface area contributed by atoms with Gasteiger partial charge in [0.05, 0.1) is 5.69 Å². The lowest BCUT2D eigenvalue weighted by Crippen LogP contribution is -2.10. The Hall–Kier alpha value is -0.790. The van der Waals surface area contributed by atoms with Crippen LogP contribution in [0.3, 0.4) is 0 Å². The highest BCUT2D eigenvalue weighted by molar-refractivity contribution is 5.23. The van der Waals surface area contributed by atoms with E-state index in [1.165, 1.54) is 55.5 Å². The minimum atomic E-state index is 0.916. The average Bonchev–Trinajstić information content (AvgIpc) is 2.51. The smallest absolute Gasteiger partial charge is 0.0626 e. The number of aromatic amines is 1. The molecular formula is C12H20N2. The molecule has 1 fully saturated rings. The summed E-state index contributed by atoms with van der Waals surface area (Å²) in [4.78, 5) is 0. The fourth-order valence-electron chi connectivity index (χ4n) is 2.55. The molecule has 0 bridgehead atoms. The van der Waals surface area contributed by atoms with Crippen LogP contribution in [0.15, 0.2) is 0 Å². The number of aryl methyl sites for hydroxylation is 2. The standard InChI is InChI=1S/C12H20N2/c1-9-12(10(2)14-13-9)8-11-6-4-3-5-7-11/h11H,3-8H2,1-2H3,(H,13,14). The van der Waals surface area contributed by atoms with Crippen molar-refractivity contribution >= 4 is 0 Å². The highest BCUT2D eigenvalue weighted by Crippen LogP contribution is 2.28. The Balaban J connectivity index is 2.02. The van der Waals surface area contributed by atoms with Crippen molar-refractivity contribution in [1.29, 1.82) is 0 Å². The average molecular weight is 192 g/mol. The SMILES string of the molecule is Cc1n[nH]c(C)c1CC1CCCCC1. The van der Waals surface area contributed by atoms with Gasteiger partial charge in [0.1, 0.15) is 0 Å². The molecule has 0 spiro atoms. The Bertz CT molecular complexity index is 276. The zero-order valence-corrected chi connectivity index (χ0v) is 9.27. The second-order valence-corrected chi connectivity index (χ2v) is 4.62. The molecule has 1 aliphatic rings. The van der Waals surface area contributed by atoms with Gasteiger partial charge in [-0.05, 0) is 31.7 Å². The first kappa shape index (κ1) is 9.75. The first-order chi connectivity index (χ1) is 6.77. The topological polar surface area (TPSA) is 28.7 Å². The first-order valence-electron chi connectivity index (χ1n) is 5.78. The molecule has 2 rings (SSSR count). The second-order valence-electron chi connectivity index (χ2n) is 4.62. The summed E-state index contributed by atoms with van der Waals surface area (Å²) in [5.74, 6) is 0.916.